The van der Waals surface area contributed by atoms with Gasteiger partial charge in [0.05, 0.1) is 7.11 Å². The molecule has 5 nitrogen and oxygen atoms in total. The number of methoxy groups -OCH3 is 1. The first-order valence-corrected chi connectivity index (χ1v) is 10.1. The Balaban J connectivity index is 2.01. The van der Waals surface area contributed by atoms with Crippen molar-refractivity contribution in [2.45, 2.75) is 39.8 Å². The molecule has 0 aliphatic carbocycles. The second-order valence-corrected chi connectivity index (χ2v) is 7.52. The lowest BCUT2D eigenvalue weighted by Crippen LogP contribution is -2.39. The van der Waals surface area contributed by atoms with Crippen LogP contribution in [-0.4, -0.2) is 43.2 Å². The van der Waals surface area contributed by atoms with Gasteiger partial charge in [-0.3, -0.25) is 9.69 Å². The van der Waals surface area contributed by atoms with E-state index < -0.39 is 0 Å². The van der Waals surface area contributed by atoms with Gasteiger partial charge in [0, 0.05) is 36.5 Å². The largest absolute Gasteiger partial charge is 0.493 e. The van der Waals surface area contributed by atoms with Crippen molar-refractivity contribution in [3.05, 3.63) is 59.9 Å². The molecular formula is C24H31FN2O3. The van der Waals surface area contributed by atoms with Crippen LogP contribution in [0.5, 0.6) is 11.5 Å². The third-order valence-electron chi connectivity index (χ3n) is 4.64. The van der Waals surface area contributed by atoms with Gasteiger partial charge in [0.1, 0.15) is 12.4 Å². The first-order valence-electron chi connectivity index (χ1n) is 10.1. The summed E-state index contributed by atoms with van der Waals surface area (Å²) in [7, 11) is 1.58. The number of benzene rings is 2. The maximum absolute atomic E-state index is 13.2. The van der Waals surface area contributed by atoms with Crippen LogP contribution in [0.4, 0.5) is 10.1 Å². The number of nitrogens with one attached hydrogen (secondary N) is 1. The Bertz CT molecular complexity index is 857. The molecule has 1 N–H and O–H groups in total. The Hall–Kier alpha value is -2.86. The van der Waals surface area contributed by atoms with Crippen LogP contribution in [-0.2, 0) is 4.79 Å². The summed E-state index contributed by atoms with van der Waals surface area (Å²) < 4.78 is 24.6. The highest BCUT2D eigenvalue weighted by atomic mass is 19.1. The van der Waals surface area contributed by atoms with E-state index in [0.717, 1.165) is 6.54 Å². The predicted octanol–water partition coefficient (Wildman–Crippen LogP) is 4.98. The number of ether oxygens (including phenoxy) is 2. The molecule has 0 saturated heterocycles. The molecule has 30 heavy (non-hydrogen) atoms. The first-order chi connectivity index (χ1) is 14.3. The van der Waals surface area contributed by atoms with Gasteiger partial charge in [-0.25, -0.2) is 4.39 Å². The van der Waals surface area contributed by atoms with Gasteiger partial charge in [-0.2, -0.15) is 0 Å². The molecule has 0 saturated carbocycles. The van der Waals surface area contributed by atoms with Crippen LogP contribution < -0.4 is 14.8 Å². The minimum Gasteiger partial charge on any atom is -0.493 e. The van der Waals surface area contributed by atoms with E-state index in [1.807, 2.05) is 0 Å². The quantitative estimate of drug-likeness (QED) is 0.557. The van der Waals surface area contributed by atoms with Gasteiger partial charge in [-0.15, -0.1) is 0 Å². The van der Waals surface area contributed by atoms with E-state index >= 15 is 0 Å². The number of anilines is 1. The molecule has 0 heterocycles. The summed E-state index contributed by atoms with van der Waals surface area (Å²) >= 11 is 0. The van der Waals surface area contributed by atoms with Gasteiger partial charge in [0.15, 0.2) is 11.5 Å². The van der Waals surface area contributed by atoms with E-state index in [4.69, 9.17) is 9.47 Å². The Morgan fingerprint density at radius 2 is 1.83 bits per heavy atom. The zero-order chi connectivity index (χ0) is 22.1. The van der Waals surface area contributed by atoms with Crippen molar-refractivity contribution in [1.29, 1.82) is 0 Å². The second kappa shape index (κ2) is 11.4. The average molecular weight is 415 g/mol. The molecule has 162 valence electrons. The van der Waals surface area contributed by atoms with Gasteiger partial charge in [-0.1, -0.05) is 12.1 Å². The number of hydrogen-bond acceptors (Lipinski definition) is 4. The highest BCUT2D eigenvalue weighted by molar-refractivity contribution is 6.02. The molecular weight excluding hydrogens is 383 g/mol. The van der Waals surface area contributed by atoms with Crippen LogP contribution in [0.3, 0.4) is 0 Å². The lowest BCUT2D eigenvalue weighted by Gasteiger charge is -2.30. The molecule has 0 aliphatic rings. The van der Waals surface area contributed by atoms with Gasteiger partial charge in [0.25, 0.3) is 0 Å². The van der Waals surface area contributed by atoms with Crippen molar-refractivity contribution >= 4 is 17.7 Å². The Labute approximate surface area is 178 Å². The van der Waals surface area contributed by atoms with Crippen LogP contribution in [0.1, 0.15) is 33.3 Å². The molecule has 0 atom stereocenters. The molecule has 0 radical (unpaired) electrons. The Kier molecular flexibility index (Phi) is 8.87. The molecule has 6 heteroatoms. The minimum atomic E-state index is -0.344. The number of amides is 1. The van der Waals surface area contributed by atoms with E-state index in [1.165, 1.54) is 18.2 Å². The lowest BCUT2D eigenvalue weighted by molar-refractivity contribution is -0.111. The number of halogens is 1. The summed E-state index contributed by atoms with van der Waals surface area (Å²) in [6.07, 6.45) is 2.93. The normalized spacial score (nSPS) is 11.5. The van der Waals surface area contributed by atoms with Gasteiger partial charge in [-0.05, 0) is 63.6 Å². The second-order valence-electron chi connectivity index (χ2n) is 7.52. The van der Waals surface area contributed by atoms with E-state index in [0.29, 0.717) is 41.4 Å². The minimum absolute atomic E-state index is 0.318. The molecule has 0 spiro atoms. The fraction of sp³-hybridized carbons (Fsp3) is 0.375. The maximum Gasteiger partial charge on any atom is 0.248 e. The number of carbonyl (C=O) groups excluding carboxylic acids is 1. The summed E-state index contributed by atoms with van der Waals surface area (Å²) in [6, 6.07) is 12.1. The molecule has 0 fully saturated rings. The fourth-order valence-electron chi connectivity index (χ4n) is 3.21. The van der Waals surface area contributed by atoms with Crippen LogP contribution in [0.25, 0.3) is 6.08 Å². The number of carbonyl (C=O) groups is 1. The smallest absolute Gasteiger partial charge is 0.248 e. The van der Waals surface area contributed by atoms with Gasteiger partial charge < -0.3 is 14.8 Å². The zero-order valence-electron chi connectivity index (χ0n) is 18.3. The molecule has 0 bridgehead atoms. The zero-order valence-corrected chi connectivity index (χ0v) is 18.3. The van der Waals surface area contributed by atoms with Crippen molar-refractivity contribution in [3.8, 4) is 11.5 Å². The average Bonchev–Trinajstić information content (AvgIpc) is 2.69. The van der Waals surface area contributed by atoms with E-state index in [-0.39, 0.29) is 11.7 Å². The predicted molar refractivity (Wildman–Crippen MR) is 120 cm³/mol. The maximum atomic E-state index is 13.2. The molecule has 0 aromatic heterocycles. The number of rotatable bonds is 10. The molecule has 2 rings (SSSR count). The monoisotopic (exact) mass is 414 g/mol. The molecule has 0 unspecified atom stereocenters. The topological polar surface area (TPSA) is 50.8 Å². The van der Waals surface area contributed by atoms with Crippen LogP contribution in [0, 0.1) is 5.82 Å². The molecule has 1 amide bonds. The Morgan fingerprint density at radius 3 is 2.47 bits per heavy atom. The van der Waals surface area contributed by atoms with E-state index in [2.05, 4.69) is 37.9 Å². The molecule has 0 aliphatic heterocycles. The summed E-state index contributed by atoms with van der Waals surface area (Å²) in [5.74, 6) is 0.505. The standard InChI is InChI=1S/C24H31FN2O3/c1-17(2)27(18(3)4)13-14-30-23-16-21(10-11-22(23)29-5)26-24(28)12-9-19-7-6-8-20(25)15-19/h6-12,15-18H,13-14H2,1-5H3,(H,26,28). The van der Waals surface area contributed by atoms with Crippen molar-refractivity contribution < 1.29 is 18.7 Å². The van der Waals surface area contributed by atoms with Gasteiger partial charge >= 0.3 is 0 Å². The third-order valence-corrected chi connectivity index (χ3v) is 4.64. The number of hydrogen-bond donors (Lipinski definition) is 1. The van der Waals surface area contributed by atoms with E-state index in [9.17, 15) is 9.18 Å². The summed E-state index contributed by atoms with van der Waals surface area (Å²) in [6.45, 7) is 9.93. The summed E-state index contributed by atoms with van der Waals surface area (Å²) in [5.41, 5.74) is 1.20. The van der Waals surface area contributed by atoms with Crippen molar-refractivity contribution in [2.75, 3.05) is 25.6 Å². The Morgan fingerprint density at radius 1 is 1.10 bits per heavy atom. The highest BCUT2D eigenvalue weighted by Gasteiger charge is 2.14. The summed E-state index contributed by atoms with van der Waals surface area (Å²) in [4.78, 5) is 14.6. The molecule has 2 aromatic rings. The van der Waals surface area contributed by atoms with Crippen molar-refractivity contribution in [2.24, 2.45) is 0 Å². The van der Waals surface area contributed by atoms with Crippen LogP contribution in [0.2, 0.25) is 0 Å². The molecule has 2 aromatic carbocycles. The SMILES string of the molecule is COc1ccc(NC(=O)C=Cc2cccc(F)c2)cc1OCCN(C(C)C)C(C)C. The van der Waals surface area contributed by atoms with Crippen molar-refractivity contribution in [3.63, 3.8) is 0 Å². The number of nitrogens with zero attached hydrogens (tertiary/aromatic N) is 1. The highest BCUT2D eigenvalue weighted by Crippen LogP contribution is 2.30. The third kappa shape index (κ3) is 7.19. The first kappa shape index (κ1) is 23.4. The van der Waals surface area contributed by atoms with Crippen LogP contribution >= 0.6 is 0 Å². The van der Waals surface area contributed by atoms with E-state index in [1.54, 1.807) is 43.5 Å². The summed E-state index contributed by atoms with van der Waals surface area (Å²) in [5, 5.41) is 2.79. The fourth-order valence-corrected chi connectivity index (χ4v) is 3.21. The van der Waals surface area contributed by atoms with Crippen LogP contribution in [0.15, 0.2) is 48.5 Å². The van der Waals surface area contributed by atoms with Gasteiger partial charge in [0.2, 0.25) is 5.91 Å². The lowest BCUT2D eigenvalue weighted by atomic mass is 10.2. The van der Waals surface area contributed by atoms with Crippen molar-refractivity contribution in [1.82, 2.24) is 4.90 Å².